The van der Waals surface area contributed by atoms with Crippen molar-refractivity contribution < 1.29 is 14.6 Å². The third kappa shape index (κ3) is 4.70. The number of rotatable bonds is 5. The second kappa shape index (κ2) is 7.61. The molecule has 0 aliphatic carbocycles. The van der Waals surface area contributed by atoms with E-state index in [1.54, 1.807) is 30.3 Å². The maximum absolute atomic E-state index is 10.8. The Balaban J connectivity index is 2.19. The van der Waals surface area contributed by atoms with Crippen molar-refractivity contribution in [2.24, 2.45) is 0 Å². The Morgan fingerprint density at radius 2 is 1.83 bits per heavy atom. The molecule has 0 fully saturated rings. The number of carboxylic acids is 1. The normalized spacial score (nSPS) is 12.3. The van der Waals surface area contributed by atoms with Crippen LogP contribution >= 0.6 is 15.9 Å². The minimum atomic E-state index is -1.02. The van der Waals surface area contributed by atoms with E-state index < -0.39 is 12.1 Å². The Hall–Kier alpha value is -2.58. The number of hydrogen-bond donors (Lipinski definition) is 1. The second-order valence-electron chi connectivity index (χ2n) is 4.84. The average Bonchev–Trinajstić information content (AvgIpc) is 2.55. The first-order valence-electron chi connectivity index (χ1n) is 6.87. The predicted molar refractivity (Wildman–Crippen MR) is 91.8 cm³/mol. The number of hydrogen-bond acceptors (Lipinski definition) is 3. The minimum Gasteiger partial charge on any atom is -0.479 e. The number of benzene rings is 2. The van der Waals surface area contributed by atoms with Gasteiger partial charge in [0, 0.05) is 4.47 Å². The van der Waals surface area contributed by atoms with E-state index in [1.165, 1.54) is 6.92 Å². The lowest BCUT2D eigenvalue weighted by molar-refractivity contribution is -0.144. The highest BCUT2D eigenvalue weighted by atomic mass is 79.9. The fourth-order valence-corrected chi connectivity index (χ4v) is 2.14. The summed E-state index contributed by atoms with van der Waals surface area (Å²) in [5, 5.41) is 18.1. The number of carboxylic acid groups (broad SMARTS) is 1. The van der Waals surface area contributed by atoms with Crippen LogP contribution in [0, 0.1) is 11.3 Å². The SMILES string of the molecule is C[C@@H](Oc1ccc(/C=C(/C#N)c2ccc(Br)cc2)cc1)C(=O)O. The molecule has 0 radical (unpaired) electrons. The van der Waals surface area contributed by atoms with Crippen molar-refractivity contribution in [2.75, 3.05) is 0 Å². The molecule has 2 rings (SSSR count). The van der Waals surface area contributed by atoms with E-state index in [0.29, 0.717) is 11.3 Å². The summed E-state index contributed by atoms with van der Waals surface area (Å²) >= 11 is 3.36. The van der Waals surface area contributed by atoms with Gasteiger partial charge in [0.2, 0.25) is 0 Å². The molecule has 0 saturated heterocycles. The molecule has 0 spiro atoms. The monoisotopic (exact) mass is 371 g/mol. The first kappa shape index (κ1) is 16.8. The Kier molecular flexibility index (Phi) is 5.56. The Labute approximate surface area is 142 Å². The van der Waals surface area contributed by atoms with Gasteiger partial charge in [-0.3, -0.25) is 0 Å². The highest BCUT2D eigenvalue weighted by Gasteiger charge is 2.11. The molecule has 2 aromatic carbocycles. The lowest BCUT2D eigenvalue weighted by atomic mass is 10.0. The van der Waals surface area contributed by atoms with E-state index in [9.17, 15) is 10.1 Å². The zero-order valence-corrected chi connectivity index (χ0v) is 13.9. The molecule has 0 unspecified atom stereocenters. The van der Waals surface area contributed by atoms with E-state index >= 15 is 0 Å². The highest BCUT2D eigenvalue weighted by Crippen LogP contribution is 2.21. The van der Waals surface area contributed by atoms with E-state index in [2.05, 4.69) is 22.0 Å². The van der Waals surface area contributed by atoms with Gasteiger partial charge in [-0.25, -0.2) is 4.79 Å². The molecule has 116 valence electrons. The van der Waals surface area contributed by atoms with Crippen LogP contribution < -0.4 is 4.74 Å². The van der Waals surface area contributed by atoms with E-state index in [-0.39, 0.29) is 0 Å². The third-order valence-corrected chi connectivity index (χ3v) is 3.66. The molecule has 23 heavy (non-hydrogen) atoms. The van der Waals surface area contributed by atoms with Gasteiger partial charge >= 0.3 is 5.97 Å². The molecular weight excluding hydrogens is 358 g/mol. The molecule has 1 atom stereocenters. The zero-order chi connectivity index (χ0) is 16.8. The van der Waals surface area contributed by atoms with Crippen LogP contribution in [0.4, 0.5) is 0 Å². The first-order valence-corrected chi connectivity index (χ1v) is 7.66. The van der Waals surface area contributed by atoms with Gasteiger partial charge in [-0.2, -0.15) is 5.26 Å². The first-order chi connectivity index (χ1) is 11.0. The fourth-order valence-electron chi connectivity index (χ4n) is 1.87. The number of nitriles is 1. The van der Waals surface area contributed by atoms with Crippen molar-refractivity contribution >= 4 is 33.5 Å². The summed E-state index contributed by atoms with van der Waals surface area (Å²) in [5.74, 6) is -0.546. The lowest BCUT2D eigenvalue weighted by Gasteiger charge is -2.10. The topological polar surface area (TPSA) is 70.3 Å². The van der Waals surface area contributed by atoms with Crippen molar-refractivity contribution in [3.63, 3.8) is 0 Å². The summed E-state index contributed by atoms with van der Waals surface area (Å²) in [6, 6.07) is 16.6. The van der Waals surface area contributed by atoms with Crippen LogP contribution in [-0.2, 0) is 4.79 Å². The van der Waals surface area contributed by atoms with Crippen LogP contribution in [0.25, 0.3) is 11.6 Å². The molecule has 1 N–H and O–H groups in total. The Morgan fingerprint density at radius 1 is 1.22 bits per heavy atom. The number of aliphatic carboxylic acids is 1. The van der Waals surface area contributed by atoms with Crippen molar-refractivity contribution in [1.82, 2.24) is 0 Å². The standard InChI is InChI=1S/C18H14BrNO3/c1-12(18(21)22)23-17-8-2-13(3-9-17)10-15(11-20)14-4-6-16(19)7-5-14/h2-10,12H,1H3,(H,21,22)/b15-10-/t12-/m1/s1. The predicted octanol–water partition coefficient (Wildman–Crippen LogP) is 4.37. The molecule has 0 heterocycles. The quantitative estimate of drug-likeness (QED) is 0.625. The number of halogens is 1. The molecule has 0 aliphatic heterocycles. The van der Waals surface area contributed by atoms with Gasteiger partial charge < -0.3 is 9.84 Å². The number of allylic oxidation sites excluding steroid dienone is 1. The van der Waals surface area contributed by atoms with Gasteiger partial charge in [-0.05, 0) is 48.4 Å². The summed E-state index contributed by atoms with van der Waals surface area (Å²) in [6.45, 7) is 1.47. The van der Waals surface area contributed by atoms with E-state index in [0.717, 1.165) is 15.6 Å². The van der Waals surface area contributed by atoms with Crippen molar-refractivity contribution in [2.45, 2.75) is 13.0 Å². The second-order valence-corrected chi connectivity index (χ2v) is 5.76. The van der Waals surface area contributed by atoms with Gasteiger partial charge in [-0.15, -0.1) is 0 Å². The number of nitrogens with zero attached hydrogens (tertiary/aromatic N) is 1. The molecule has 0 saturated carbocycles. The van der Waals surface area contributed by atoms with Gasteiger partial charge in [0.15, 0.2) is 6.10 Å². The molecular formula is C18H14BrNO3. The maximum atomic E-state index is 10.8. The molecule has 4 nitrogen and oxygen atoms in total. The van der Waals surface area contributed by atoms with Gasteiger partial charge in [0.1, 0.15) is 5.75 Å². The van der Waals surface area contributed by atoms with E-state index in [4.69, 9.17) is 9.84 Å². The largest absolute Gasteiger partial charge is 0.479 e. The van der Waals surface area contributed by atoms with Crippen LogP contribution in [0.3, 0.4) is 0 Å². The molecule has 2 aromatic rings. The molecule has 5 heteroatoms. The van der Waals surface area contributed by atoms with Crippen molar-refractivity contribution in [1.29, 1.82) is 5.26 Å². The van der Waals surface area contributed by atoms with E-state index in [1.807, 2.05) is 24.3 Å². The number of ether oxygens (including phenoxy) is 1. The Morgan fingerprint density at radius 3 is 2.35 bits per heavy atom. The zero-order valence-electron chi connectivity index (χ0n) is 12.4. The molecule has 0 aromatic heterocycles. The summed E-state index contributed by atoms with van der Waals surface area (Å²) in [5.41, 5.74) is 2.21. The van der Waals surface area contributed by atoms with Crippen LogP contribution in [0.5, 0.6) is 5.75 Å². The summed E-state index contributed by atoms with van der Waals surface area (Å²) in [4.78, 5) is 10.8. The van der Waals surface area contributed by atoms with Crippen LogP contribution in [0.2, 0.25) is 0 Å². The number of carbonyl (C=O) groups is 1. The van der Waals surface area contributed by atoms with Crippen molar-refractivity contribution in [3.8, 4) is 11.8 Å². The maximum Gasteiger partial charge on any atom is 0.344 e. The highest BCUT2D eigenvalue weighted by molar-refractivity contribution is 9.10. The van der Waals surface area contributed by atoms with Crippen LogP contribution in [0.15, 0.2) is 53.0 Å². The third-order valence-electron chi connectivity index (χ3n) is 3.13. The average molecular weight is 372 g/mol. The lowest BCUT2D eigenvalue weighted by Crippen LogP contribution is -2.22. The smallest absolute Gasteiger partial charge is 0.344 e. The fraction of sp³-hybridized carbons (Fsp3) is 0.111. The van der Waals surface area contributed by atoms with Gasteiger partial charge in [0.25, 0.3) is 0 Å². The Bertz CT molecular complexity index is 758. The van der Waals surface area contributed by atoms with Gasteiger partial charge in [-0.1, -0.05) is 40.2 Å². The molecule has 0 aliphatic rings. The summed E-state index contributed by atoms with van der Waals surface area (Å²) < 4.78 is 6.22. The summed E-state index contributed by atoms with van der Waals surface area (Å²) in [6.07, 6.45) is 0.863. The van der Waals surface area contributed by atoms with Crippen molar-refractivity contribution in [3.05, 3.63) is 64.1 Å². The van der Waals surface area contributed by atoms with Crippen LogP contribution in [-0.4, -0.2) is 17.2 Å². The molecule has 0 bridgehead atoms. The summed E-state index contributed by atoms with van der Waals surface area (Å²) in [7, 11) is 0. The van der Waals surface area contributed by atoms with Gasteiger partial charge in [0.05, 0.1) is 11.6 Å². The minimum absolute atomic E-state index is 0.471. The molecule has 0 amide bonds. The van der Waals surface area contributed by atoms with Crippen LogP contribution in [0.1, 0.15) is 18.1 Å².